The van der Waals surface area contributed by atoms with E-state index in [1.165, 1.54) is 63.4 Å². The van der Waals surface area contributed by atoms with Crippen LogP contribution in [0.5, 0.6) is 0 Å². The van der Waals surface area contributed by atoms with Crippen LogP contribution in [0.2, 0.25) is 0 Å². The van der Waals surface area contributed by atoms with Crippen molar-refractivity contribution in [1.29, 1.82) is 0 Å². The molecule has 0 unspecified atom stereocenters. The number of imidazole rings is 1. The van der Waals surface area contributed by atoms with Crippen molar-refractivity contribution in [3.05, 3.63) is 35.8 Å². The number of nitrogens with zero attached hydrogens (tertiary/aromatic N) is 2. The monoisotopic (exact) mass is 355 g/mol. The lowest BCUT2D eigenvalue weighted by molar-refractivity contribution is -0.121. The molecule has 1 aliphatic carbocycles. The number of aryl methyl sites for hydroxylation is 1. The Kier molecular flexibility index (Phi) is 7.10. The van der Waals surface area contributed by atoms with E-state index in [1.807, 2.05) is 22.9 Å². The van der Waals surface area contributed by atoms with Gasteiger partial charge in [-0.05, 0) is 37.5 Å². The van der Waals surface area contributed by atoms with Gasteiger partial charge in [0.2, 0.25) is 5.91 Å². The lowest BCUT2D eigenvalue weighted by Crippen LogP contribution is -2.36. The molecule has 1 aliphatic rings. The molecule has 0 saturated heterocycles. The van der Waals surface area contributed by atoms with Gasteiger partial charge >= 0.3 is 0 Å². The molecule has 26 heavy (non-hydrogen) atoms. The van der Waals surface area contributed by atoms with E-state index >= 15 is 0 Å². The first-order chi connectivity index (χ1) is 12.7. The number of aromatic nitrogens is 2. The van der Waals surface area contributed by atoms with Crippen LogP contribution >= 0.6 is 0 Å². The van der Waals surface area contributed by atoms with Crippen LogP contribution in [0.4, 0.5) is 0 Å². The first-order valence-corrected chi connectivity index (χ1v) is 10.4. The largest absolute Gasteiger partial charge is 0.353 e. The minimum absolute atomic E-state index is 0.113. The third kappa shape index (κ3) is 5.86. The van der Waals surface area contributed by atoms with Crippen molar-refractivity contribution in [1.82, 2.24) is 14.7 Å². The van der Waals surface area contributed by atoms with Gasteiger partial charge in [0.1, 0.15) is 5.65 Å². The predicted molar refractivity (Wildman–Crippen MR) is 106 cm³/mol. The zero-order valence-electron chi connectivity index (χ0n) is 16.2. The van der Waals surface area contributed by atoms with Crippen LogP contribution in [0, 0.1) is 6.92 Å². The highest BCUT2D eigenvalue weighted by atomic mass is 16.1. The van der Waals surface area contributed by atoms with Gasteiger partial charge in [0.05, 0.1) is 12.1 Å². The summed E-state index contributed by atoms with van der Waals surface area (Å²) in [5, 5.41) is 3.29. The summed E-state index contributed by atoms with van der Waals surface area (Å²) < 4.78 is 1.99. The van der Waals surface area contributed by atoms with Crippen molar-refractivity contribution >= 4 is 11.6 Å². The van der Waals surface area contributed by atoms with Crippen molar-refractivity contribution in [3.8, 4) is 0 Å². The molecule has 1 amide bonds. The summed E-state index contributed by atoms with van der Waals surface area (Å²) >= 11 is 0. The smallest absolute Gasteiger partial charge is 0.226 e. The standard InChI is InChI=1S/C22H33N3O/c1-18-13-14-25-17-20(23-21(25)15-18)16-22(26)24-19-11-9-7-5-3-2-4-6-8-10-12-19/h13-15,17,19H,2-12,16H2,1H3,(H,24,26). The van der Waals surface area contributed by atoms with E-state index in [-0.39, 0.29) is 5.91 Å². The molecule has 4 nitrogen and oxygen atoms in total. The highest BCUT2D eigenvalue weighted by Gasteiger charge is 2.14. The van der Waals surface area contributed by atoms with Crippen molar-refractivity contribution in [2.75, 3.05) is 0 Å². The SMILES string of the molecule is Cc1ccn2cc(CC(=O)NC3CCCCCCCCCCC3)nc2c1. The molecule has 0 radical (unpaired) electrons. The van der Waals surface area contributed by atoms with Crippen LogP contribution < -0.4 is 5.32 Å². The zero-order chi connectivity index (χ0) is 18.2. The Labute approximate surface area is 157 Å². The van der Waals surface area contributed by atoms with E-state index in [9.17, 15) is 4.79 Å². The summed E-state index contributed by atoms with van der Waals surface area (Å²) in [6.07, 6.45) is 18.5. The number of carbonyl (C=O) groups is 1. The van der Waals surface area contributed by atoms with E-state index in [2.05, 4.69) is 23.3 Å². The number of pyridine rings is 1. The Hall–Kier alpha value is -1.84. The van der Waals surface area contributed by atoms with Gasteiger partial charge < -0.3 is 9.72 Å². The van der Waals surface area contributed by atoms with Gasteiger partial charge in [0.25, 0.3) is 0 Å². The highest BCUT2D eigenvalue weighted by Crippen LogP contribution is 2.17. The molecule has 0 aliphatic heterocycles. The van der Waals surface area contributed by atoms with Gasteiger partial charge in [0, 0.05) is 18.4 Å². The molecular weight excluding hydrogens is 322 g/mol. The fourth-order valence-electron chi connectivity index (χ4n) is 3.97. The van der Waals surface area contributed by atoms with Crippen LogP contribution in [0.3, 0.4) is 0 Å². The summed E-state index contributed by atoms with van der Waals surface area (Å²) in [4.78, 5) is 17.1. The first-order valence-electron chi connectivity index (χ1n) is 10.4. The minimum atomic E-state index is 0.113. The Balaban J connectivity index is 1.53. The third-order valence-electron chi connectivity index (χ3n) is 5.48. The Morgan fingerprint density at radius 3 is 2.35 bits per heavy atom. The number of rotatable bonds is 3. The summed E-state index contributed by atoms with van der Waals surface area (Å²) in [5.74, 6) is 0.113. The Bertz CT molecular complexity index is 694. The number of fused-ring (bicyclic) bond motifs is 1. The average Bonchev–Trinajstić information content (AvgIpc) is 2.98. The summed E-state index contributed by atoms with van der Waals surface area (Å²) in [7, 11) is 0. The number of carbonyl (C=O) groups excluding carboxylic acids is 1. The Morgan fingerprint density at radius 2 is 1.69 bits per heavy atom. The van der Waals surface area contributed by atoms with E-state index in [4.69, 9.17) is 0 Å². The maximum atomic E-state index is 12.5. The molecule has 2 heterocycles. The van der Waals surface area contributed by atoms with Gasteiger partial charge in [-0.1, -0.05) is 57.8 Å². The van der Waals surface area contributed by atoms with Crippen LogP contribution in [0.1, 0.15) is 81.9 Å². The fraction of sp³-hybridized carbons (Fsp3) is 0.636. The molecule has 2 aromatic rings. The van der Waals surface area contributed by atoms with Crippen molar-refractivity contribution in [2.24, 2.45) is 0 Å². The molecule has 142 valence electrons. The molecule has 0 aromatic carbocycles. The predicted octanol–water partition coefficient (Wildman–Crippen LogP) is 4.97. The molecule has 2 aromatic heterocycles. The molecule has 4 heteroatoms. The molecule has 0 bridgehead atoms. The number of hydrogen-bond donors (Lipinski definition) is 1. The minimum Gasteiger partial charge on any atom is -0.353 e. The topological polar surface area (TPSA) is 46.4 Å². The number of hydrogen-bond acceptors (Lipinski definition) is 2. The quantitative estimate of drug-likeness (QED) is 0.844. The average molecular weight is 356 g/mol. The van der Waals surface area contributed by atoms with Crippen molar-refractivity contribution in [3.63, 3.8) is 0 Å². The van der Waals surface area contributed by atoms with Gasteiger partial charge in [-0.2, -0.15) is 0 Å². The lowest BCUT2D eigenvalue weighted by Gasteiger charge is -2.19. The van der Waals surface area contributed by atoms with Crippen molar-refractivity contribution in [2.45, 2.75) is 90.0 Å². The van der Waals surface area contributed by atoms with Gasteiger partial charge in [-0.3, -0.25) is 4.79 Å². The second-order valence-corrected chi connectivity index (χ2v) is 7.90. The molecule has 0 atom stereocenters. The van der Waals surface area contributed by atoms with Gasteiger partial charge in [0.15, 0.2) is 0 Å². The second-order valence-electron chi connectivity index (χ2n) is 7.90. The van der Waals surface area contributed by atoms with E-state index < -0.39 is 0 Å². The van der Waals surface area contributed by atoms with Crippen molar-refractivity contribution < 1.29 is 4.79 Å². The third-order valence-corrected chi connectivity index (χ3v) is 5.48. The van der Waals surface area contributed by atoms with Crippen LogP contribution in [0.25, 0.3) is 5.65 Å². The molecule has 1 N–H and O–H groups in total. The van der Waals surface area contributed by atoms with Gasteiger partial charge in [-0.15, -0.1) is 0 Å². The Morgan fingerprint density at radius 1 is 1.08 bits per heavy atom. The van der Waals surface area contributed by atoms with Crippen LogP contribution in [0.15, 0.2) is 24.5 Å². The molecular formula is C22H33N3O. The normalized spacial score (nSPS) is 18.2. The summed E-state index contributed by atoms with van der Waals surface area (Å²) in [6.45, 7) is 2.06. The summed E-state index contributed by atoms with van der Waals surface area (Å²) in [5.41, 5.74) is 2.95. The van der Waals surface area contributed by atoms with E-state index in [0.29, 0.717) is 12.5 Å². The fourth-order valence-corrected chi connectivity index (χ4v) is 3.97. The van der Waals surface area contributed by atoms with E-state index in [1.54, 1.807) is 0 Å². The molecule has 3 rings (SSSR count). The molecule has 0 spiro atoms. The van der Waals surface area contributed by atoms with Gasteiger partial charge in [-0.25, -0.2) is 4.98 Å². The molecule has 1 saturated carbocycles. The van der Waals surface area contributed by atoms with Crippen LogP contribution in [-0.2, 0) is 11.2 Å². The molecule has 1 fully saturated rings. The zero-order valence-corrected chi connectivity index (χ0v) is 16.2. The summed E-state index contributed by atoms with van der Waals surface area (Å²) in [6, 6.07) is 4.44. The number of amides is 1. The highest BCUT2D eigenvalue weighted by molar-refractivity contribution is 5.78. The maximum absolute atomic E-state index is 12.5. The first kappa shape index (κ1) is 18.9. The number of nitrogens with one attached hydrogen (secondary N) is 1. The van der Waals surface area contributed by atoms with E-state index in [0.717, 1.165) is 24.2 Å². The second kappa shape index (κ2) is 9.75. The van der Waals surface area contributed by atoms with Crippen LogP contribution in [-0.4, -0.2) is 21.3 Å². The lowest BCUT2D eigenvalue weighted by atomic mass is 9.98. The maximum Gasteiger partial charge on any atom is 0.226 e.